The fraction of sp³-hybridized carbons (Fsp3) is 0.417. The van der Waals surface area contributed by atoms with E-state index < -0.39 is 0 Å². The van der Waals surface area contributed by atoms with Crippen LogP contribution in [0.4, 0.5) is 10.1 Å². The highest BCUT2D eigenvalue weighted by molar-refractivity contribution is 8.00. The van der Waals surface area contributed by atoms with Gasteiger partial charge in [-0.3, -0.25) is 4.79 Å². The Labute approximate surface area is 105 Å². The normalized spacial score (nSPS) is 12.2. The van der Waals surface area contributed by atoms with Crippen LogP contribution in [0.25, 0.3) is 0 Å². The zero-order chi connectivity index (χ0) is 12.8. The molecular formula is C12H17FN2OS. The van der Waals surface area contributed by atoms with Crippen molar-refractivity contribution in [1.29, 1.82) is 0 Å². The second kappa shape index (κ2) is 6.49. The molecule has 0 saturated carbocycles. The van der Waals surface area contributed by atoms with Gasteiger partial charge in [-0.25, -0.2) is 4.39 Å². The van der Waals surface area contributed by atoms with E-state index in [1.165, 1.54) is 23.9 Å². The minimum Gasteiger partial charge on any atom is -0.398 e. The Balaban J connectivity index is 2.47. The van der Waals surface area contributed by atoms with Crippen molar-refractivity contribution in [3.63, 3.8) is 0 Å². The molecule has 1 aromatic rings. The van der Waals surface area contributed by atoms with Crippen molar-refractivity contribution in [2.75, 3.05) is 11.5 Å². The number of nitrogens with one attached hydrogen (secondary N) is 1. The van der Waals surface area contributed by atoms with Gasteiger partial charge in [0.15, 0.2) is 0 Å². The first-order valence-corrected chi connectivity index (χ1v) is 6.48. The largest absolute Gasteiger partial charge is 0.398 e. The van der Waals surface area contributed by atoms with Crippen molar-refractivity contribution in [2.24, 2.45) is 0 Å². The van der Waals surface area contributed by atoms with Gasteiger partial charge < -0.3 is 11.1 Å². The molecule has 5 heteroatoms. The second-order valence-electron chi connectivity index (χ2n) is 3.85. The van der Waals surface area contributed by atoms with E-state index in [1.54, 1.807) is 6.07 Å². The topological polar surface area (TPSA) is 55.1 Å². The molecule has 0 aliphatic rings. The summed E-state index contributed by atoms with van der Waals surface area (Å²) in [6.45, 7) is 3.96. The number of nitrogens with two attached hydrogens (primary N) is 1. The number of nitrogen functional groups attached to an aromatic ring is 1. The summed E-state index contributed by atoms with van der Waals surface area (Å²) in [6.07, 6.45) is 0.898. The van der Waals surface area contributed by atoms with E-state index in [-0.39, 0.29) is 17.8 Å². The first-order valence-electron chi connectivity index (χ1n) is 5.50. The maximum Gasteiger partial charge on any atom is 0.230 e. The van der Waals surface area contributed by atoms with Crippen LogP contribution >= 0.6 is 11.8 Å². The van der Waals surface area contributed by atoms with Gasteiger partial charge >= 0.3 is 0 Å². The molecule has 1 rings (SSSR count). The first kappa shape index (κ1) is 13.8. The predicted octanol–water partition coefficient (Wildman–Crippen LogP) is 2.41. The standard InChI is InChI=1S/C12H17FN2OS/c1-3-8(2)15-12(16)7-17-11-5-4-9(13)6-10(11)14/h4-6,8H,3,7,14H2,1-2H3,(H,15,16). The highest BCUT2D eigenvalue weighted by Crippen LogP contribution is 2.25. The molecule has 0 spiro atoms. The summed E-state index contributed by atoms with van der Waals surface area (Å²) in [5, 5.41) is 2.86. The minimum absolute atomic E-state index is 0.0342. The average molecular weight is 256 g/mol. The summed E-state index contributed by atoms with van der Waals surface area (Å²) >= 11 is 1.31. The maximum atomic E-state index is 12.8. The van der Waals surface area contributed by atoms with Gasteiger partial charge in [0.05, 0.1) is 5.75 Å². The molecule has 0 fully saturated rings. The number of carbonyl (C=O) groups excluding carboxylic acids is 1. The molecule has 1 atom stereocenters. The third-order valence-corrected chi connectivity index (χ3v) is 3.44. The molecule has 0 aliphatic heterocycles. The van der Waals surface area contributed by atoms with E-state index in [4.69, 9.17) is 5.73 Å². The van der Waals surface area contributed by atoms with Crippen molar-refractivity contribution >= 4 is 23.4 Å². The van der Waals surface area contributed by atoms with Gasteiger partial charge in [0.2, 0.25) is 5.91 Å². The average Bonchev–Trinajstić information content (AvgIpc) is 2.27. The molecule has 1 amide bonds. The SMILES string of the molecule is CCC(C)NC(=O)CSc1ccc(F)cc1N. The number of anilines is 1. The molecule has 0 aromatic heterocycles. The Bertz CT molecular complexity index is 398. The number of hydrogen-bond acceptors (Lipinski definition) is 3. The first-order chi connectivity index (χ1) is 8.02. The van der Waals surface area contributed by atoms with E-state index in [0.29, 0.717) is 11.4 Å². The lowest BCUT2D eigenvalue weighted by Crippen LogP contribution is -2.33. The van der Waals surface area contributed by atoms with Crippen molar-refractivity contribution < 1.29 is 9.18 Å². The highest BCUT2D eigenvalue weighted by atomic mass is 32.2. The Morgan fingerprint density at radius 1 is 1.59 bits per heavy atom. The van der Waals surface area contributed by atoms with Crippen LogP contribution in [0.1, 0.15) is 20.3 Å². The number of thioether (sulfide) groups is 1. The highest BCUT2D eigenvalue weighted by Gasteiger charge is 2.08. The molecule has 0 aliphatic carbocycles. The predicted molar refractivity (Wildman–Crippen MR) is 69.4 cm³/mol. The Hall–Kier alpha value is -1.23. The summed E-state index contributed by atoms with van der Waals surface area (Å²) in [5.41, 5.74) is 6.01. The van der Waals surface area contributed by atoms with Crippen LogP contribution in [0, 0.1) is 5.82 Å². The molecule has 0 saturated heterocycles. The van der Waals surface area contributed by atoms with Crippen LogP contribution in [-0.2, 0) is 4.79 Å². The number of hydrogen-bond donors (Lipinski definition) is 2. The fourth-order valence-electron chi connectivity index (χ4n) is 1.21. The van der Waals surface area contributed by atoms with Crippen LogP contribution in [0.5, 0.6) is 0 Å². The zero-order valence-corrected chi connectivity index (χ0v) is 10.8. The van der Waals surface area contributed by atoms with Gasteiger partial charge in [0.1, 0.15) is 5.82 Å². The van der Waals surface area contributed by atoms with Crippen molar-refractivity contribution in [1.82, 2.24) is 5.32 Å². The van der Waals surface area contributed by atoms with E-state index >= 15 is 0 Å². The van der Waals surface area contributed by atoms with Gasteiger partial charge in [-0.15, -0.1) is 11.8 Å². The Morgan fingerprint density at radius 2 is 2.29 bits per heavy atom. The van der Waals surface area contributed by atoms with Gasteiger partial charge in [-0.2, -0.15) is 0 Å². The van der Waals surface area contributed by atoms with Gasteiger partial charge in [0.25, 0.3) is 0 Å². The number of benzene rings is 1. The van der Waals surface area contributed by atoms with Crippen molar-refractivity contribution in [3.8, 4) is 0 Å². The van der Waals surface area contributed by atoms with Crippen LogP contribution in [-0.4, -0.2) is 17.7 Å². The van der Waals surface area contributed by atoms with Gasteiger partial charge in [-0.1, -0.05) is 6.92 Å². The molecule has 0 bridgehead atoms. The summed E-state index contributed by atoms with van der Waals surface area (Å²) < 4.78 is 12.8. The van der Waals surface area contributed by atoms with Crippen LogP contribution in [0.2, 0.25) is 0 Å². The molecule has 17 heavy (non-hydrogen) atoms. The fourth-order valence-corrected chi connectivity index (χ4v) is 1.97. The molecule has 1 aromatic carbocycles. The quantitative estimate of drug-likeness (QED) is 0.628. The molecule has 94 valence electrons. The van der Waals surface area contributed by atoms with E-state index in [2.05, 4.69) is 5.32 Å². The summed E-state index contributed by atoms with van der Waals surface area (Å²) in [6, 6.07) is 4.36. The van der Waals surface area contributed by atoms with E-state index in [9.17, 15) is 9.18 Å². The summed E-state index contributed by atoms with van der Waals surface area (Å²) in [5.74, 6) is -0.107. The second-order valence-corrected chi connectivity index (χ2v) is 4.86. The molecule has 0 heterocycles. The lowest BCUT2D eigenvalue weighted by molar-refractivity contribution is -0.119. The lowest BCUT2D eigenvalue weighted by Gasteiger charge is -2.11. The molecule has 1 unspecified atom stereocenters. The third kappa shape index (κ3) is 4.65. The summed E-state index contributed by atoms with van der Waals surface area (Å²) in [7, 11) is 0. The third-order valence-electron chi connectivity index (χ3n) is 2.35. The molecule has 3 N–H and O–H groups in total. The number of amides is 1. The maximum absolute atomic E-state index is 12.8. The zero-order valence-electron chi connectivity index (χ0n) is 10.00. The van der Waals surface area contributed by atoms with Gasteiger partial charge in [0, 0.05) is 16.6 Å². The summed E-state index contributed by atoms with van der Waals surface area (Å²) in [4.78, 5) is 12.2. The molecular weight excluding hydrogens is 239 g/mol. The van der Waals surface area contributed by atoms with Gasteiger partial charge in [-0.05, 0) is 31.5 Å². The smallest absolute Gasteiger partial charge is 0.230 e. The minimum atomic E-state index is -0.365. The Kier molecular flexibility index (Phi) is 5.28. The lowest BCUT2D eigenvalue weighted by atomic mass is 10.3. The van der Waals surface area contributed by atoms with Crippen molar-refractivity contribution in [3.05, 3.63) is 24.0 Å². The van der Waals surface area contributed by atoms with Crippen LogP contribution in [0.3, 0.4) is 0 Å². The number of halogens is 1. The van der Waals surface area contributed by atoms with Crippen LogP contribution in [0.15, 0.2) is 23.1 Å². The monoisotopic (exact) mass is 256 g/mol. The Morgan fingerprint density at radius 3 is 2.88 bits per heavy atom. The van der Waals surface area contributed by atoms with E-state index in [1.807, 2.05) is 13.8 Å². The van der Waals surface area contributed by atoms with Crippen molar-refractivity contribution in [2.45, 2.75) is 31.2 Å². The van der Waals surface area contributed by atoms with E-state index in [0.717, 1.165) is 11.3 Å². The molecule has 0 radical (unpaired) electrons. The van der Waals surface area contributed by atoms with Crippen LogP contribution < -0.4 is 11.1 Å². The number of carbonyl (C=O) groups is 1. The molecule has 3 nitrogen and oxygen atoms in total. The number of rotatable bonds is 5.